The highest BCUT2D eigenvalue weighted by molar-refractivity contribution is 7.89. The zero-order chi connectivity index (χ0) is 15.6. The van der Waals surface area contributed by atoms with Crippen LogP contribution in [-0.2, 0) is 10.0 Å². The Labute approximate surface area is 137 Å². The van der Waals surface area contributed by atoms with Crippen molar-refractivity contribution in [3.63, 3.8) is 0 Å². The van der Waals surface area contributed by atoms with Gasteiger partial charge in [0.15, 0.2) is 11.5 Å². The number of sulfonamides is 1. The van der Waals surface area contributed by atoms with E-state index in [0.29, 0.717) is 29.5 Å². The van der Waals surface area contributed by atoms with E-state index in [1.807, 2.05) is 0 Å². The molecule has 1 atom stereocenters. The summed E-state index contributed by atoms with van der Waals surface area (Å²) in [7, 11) is -0.639. The van der Waals surface area contributed by atoms with Crippen LogP contribution in [-0.4, -0.2) is 35.2 Å². The lowest BCUT2D eigenvalue weighted by Gasteiger charge is -2.18. The average molecular weight is 351 g/mol. The van der Waals surface area contributed by atoms with Gasteiger partial charge in [-0.3, -0.25) is 0 Å². The maximum absolute atomic E-state index is 12.6. The Morgan fingerprint density at radius 3 is 2.27 bits per heavy atom. The number of nitrogens with two attached hydrogens (primary N) is 1. The second kappa shape index (κ2) is 7.50. The van der Waals surface area contributed by atoms with Crippen LogP contribution in [0.2, 0.25) is 0 Å². The number of hydrogen-bond acceptors (Lipinski definition) is 5. The standard InChI is InChI=1S/C14H22N2O4S.ClH/c1-9-6-12(19-2)13(20-3)7-14(9)21(17,18)16-11(8-15)10-4-5-10;/h6-7,10-11,16H,4-5,8,15H2,1-3H3;1H. The van der Waals surface area contributed by atoms with Crippen molar-refractivity contribution >= 4 is 22.4 Å². The zero-order valence-corrected chi connectivity index (χ0v) is 14.6. The normalized spacial score (nSPS) is 15.8. The van der Waals surface area contributed by atoms with Crippen molar-refractivity contribution in [2.45, 2.75) is 30.7 Å². The number of methoxy groups -OCH3 is 2. The molecule has 1 aromatic rings. The van der Waals surface area contributed by atoms with Gasteiger partial charge in [-0.25, -0.2) is 13.1 Å². The van der Waals surface area contributed by atoms with Crippen LogP contribution in [0.15, 0.2) is 17.0 Å². The fourth-order valence-corrected chi connectivity index (χ4v) is 3.91. The average Bonchev–Trinajstić information content (AvgIpc) is 3.28. The van der Waals surface area contributed by atoms with Crippen molar-refractivity contribution in [1.82, 2.24) is 4.72 Å². The van der Waals surface area contributed by atoms with E-state index >= 15 is 0 Å². The lowest BCUT2D eigenvalue weighted by molar-refractivity contribution is 0.353. The predicted octanol–water partition coefficient (Wildman–Crippen LogP) is 1.45. The molecular weight excluding hydrogens is 328 g/mol. The molecule has 126 valence electrons. The van der Waals surface area contributed by atoms with Crippen LogP contribution < -0.4 is 19.9 Å². The molecule has 0 amide bonds. The first kappa shape index (κ1) is 19.0. The molecule has 0 saturated heterocycles. The summed E-state index contributed by atoms with van der Waals surface area (Å²) < 4.78 is 38.2. The van der Waals surface area contributed by atoms with Crippen LogP contribution in [0.5, 0.6) is 11.5 Å². The zero-order valence-electron chi connectivity index (χ0n) is 13.0. The number of hydrogen-bond donors (Lipinski definition) is 2. The molecule has 0 aromatic heterocycles. The second-order valence-electron chi connectivity index (χ2n) is 5.27. The van der Waals surface area contributed by atoms with Gasteiger partial charge in [-0.2, -0.15) is 0 Å². The molecule has 1 aliphatic rings. The highest BCUT2D eigenvalue weighted by atomic mass is 35.5. The molecule has 2 rings (SSSR count). The number of halogens is 1. The first-order valence-electron chi connectivity index (χ1n) is 6.88. The van der Waals surface area contributed by atoms with E-state index < -0.39 is 10.0 Å². The van der Waals surface area contributed by atoms with Crippen molar-refractivity contribution in [2.24, 2.45) is 11.7 Å². The van der Waals surface area contributed by atoms with Crippen LogP contribution in [0.25, 0.3) is 0 Å². The van der Waals surface area contributed by atoms with E-state index in [9.17, 15) is 8.42 Å². The maximum Gasteiger partial charge on any atom is 0.241 e. The van der Waals surface area contributed by atoms with Crippen molar-refractivity contribution in [1.29, 1.82) is 0 Å². The summed E-state index contributed by atoms with van der Waals surface area (Å²) in [6.07, 6.45) is 2.05. The summed E-state index contributed by atoms with van der Waals surface area (Å²) in [6, 6.07) is 2.93. The van der Waals surface area contributed by atoms with Crippen LogP contribution in [0.3, 0.4) is 0 Å². The van der Waals surface area contributed by atoms with E-state index in [1.165, 1.54) is 20.3 Å². The molecule has 0 aliphatic heterocycles. The first-order chi connectivity index (χ1) is 9.92. The molecule has 1 aromatic carbocycles. The lowest BCUT2D eigenvalue weighted by atomic mass is 10.2. The van der Waals surface area contributed by atoms with Gasteiger partial charge in [0, 0.05) is 18.7 Å². The summed E-state index contributed by atoms with van der Waals surface area (Å²) >= 11 is 0. The summed E-state index contributed by atoms with van der Waals surface area (Å²) in [4.78, 5) is 0.194. The molecule has 1 aliphatic carbocycles. The lowest BCUT2D eigenvalue weighted by Crippen LogP contribution is -2.41. The number of rotatable bonds is 7. The van der Waals surface area contributed by atoms with Crippen molar-refractivity contribution in [3.05, 3.63) is 17.7 Å². The van der Waals surface area contributed by atoms with Gasteiger partial charge in [0.25, 0.3) is 0 Å². The fraction of sp³-hybridized carbons (Fsp3) is 0.571. The van der Waals surface area contributed by atoms with Crippen molar-refractivity contribution < 1.29 is 17.9 Å². The molecule has 22 heavy (non-hydrogen) atoms. The van der Waals surface area contributed by atoms with E-state index in [1.54, 1.807) is 13.0 Å². The summed E-state index contributed by atoms with van der Waals surface area (Å²) in [5.74, 6) is 1.25. The Kier molecular flexibility index (Phi) is 6.49. The van der Waals surface area contributed by atoms with E-state index in [-0.39, 0.29) is 23.3 Å². The number of benzene rings is 1. The highest BCUT2D eigenvalue weighted by Gasteiger charge is 2.34. The van der Waals surface area contributed by atoms with Crippen LogP contribution in [0.1, 0.15) is 18.4 Å². The highest BCUT2D eigenvalue weighted by Crippen LogP contribution is 2.35. The van der Waals surface area contributed by atoms with Crippen molar-refractivity contribution in [3.8, 4) is 11.5 Å². The molecule has 6 nitrogen and oxygen atoms in total. The van der Waals surface area contributed by atoms with Gasteiger partial charge >= 0.3 is 0 Å². The minimum atomic E-state index is -3.63. The summed E-state index contributed by atoms with van der Waals surface area (Å²) in [5.41, 5.74) is 6.27. The largest absolute Gasteiger partial charge is 0.493 e. The monoisotopic (exact) mass is 350 g/mol. The molecule has 0 spiro atoms. The summed E-state index contributed by atoms with van der Waals surface area (Å²) in [6.45, 7) is 2.03. The Morgan fingerprint density at radius 2 is 1.82 bits per heavy atom. The second-order valence-corrected chi connectivity index (χ2v) is 6.96. The van der Waals surface area contributed by atoms with Gasteiger partial charge in [-0.15, -0.1) is 12.4 Å². The summed E-state index contributed by atoms with van der Waals surface area (Å²) in [5, 5.41) is 0. The third-order valence-corrected chi connectivity index (χ3v) is 5.35. The van der Waals surface area contributed by atoms with Gasteiger partial charge in [0.1, 0.15) is 0 Å². The predicted molar refractivity (Wildman–Crippen MR) is 87.4 cm³/mol. The third kappa shape index (κ3) is 4.04. The Balaban J connectivity index is 0.00000242. The van der Waals surface area contributed by atoms with E-state index in [4.69, 9.17) is 15.2 Å². The molecule has 1 saturated carbocycles. The molecular formula is C14H23ClN2O4S. The van der Waals surface area contributed by atoms with Crippen molar-refractivity contribution in [2.75, 3.05) is 20.8 Å². The molecule has 3 N–H and O–H groups in total. The molecule has 0 bridgehead atoms. The Hall–Kier alpha value is -1.02. The van der Waals surface area contributed by atoms with Gasteiger partial charge in [0.05, 0.1) is 19.1 Å². The van der Waals surface area contributed by atoms with Gasteiger partial charge in [0.2, 0.25) is 10.0 Å². The van der Waals surface area contributed by atoms with Crippen LogP contribution in [0.4, 0.5) is 0 Å². The number of ether oxygens (including phenoxy) is 2. The van der Waals surface area contributed by atoms with E-state index in [2.05, 4.69) is 4.72 Å². The maximum atomic E-state index is 12.6. The minimum absolute atomic E-state index is 0. The van der Waals surface area contributed by atoms with Gasteiger partial charge < -0.3 is 15.2 Å². The van der Waals surface area contributed by atoms with Gasteiger partial charge in [-0.1, -0.05) is 0 Å². The Bertz CT molecular complexity index is 618. The van der Waals surface area contributed by atoms with Gasteiger partial charge in [-0.05, 0) is 37.3 Å². The van der Waals surface area contributed by atoms with E-state index in [0.717, 1.165) is 12.8 Å². The third-order valence-electron chi connectivity index (χ3n) is 3.72. The number of nitrogens with one attached hydrogen (secondary N) is 1. The molecule has 0 radical (unpaired) electrons. The quantitative estimate of drug-likeness (QED) is 0.776. The molecule has 8 heteroatoms. The van der Waals surface area contributed by atoms with Crippen LogP contribution in [0, 0.1) is 12.8 Å². The minimum Gasteiger partial charge on any atom is -0.493 e. The first-order valence-corrected chi connectivity index (χ1v) is 8.36. The molecule has 0 heterocycles. The molecule has 1 fully saturated rings. The Morgan fingerprint density at radius 1 is 1.27 bits per heavy atom. The topological polar surface area (TPSA) is 90.7 Å². The SMILES string of the molecule is COc1cc(C)c(S(=O)(=O)NC(CN)C2CC2)cc1OC.Cl. The number of aryl methyl sites for hydroxylation is 1. The fourth-order valence-electron chi connectivity index (χ4n) is 2.35. The van der Waals surface area contributed by atoms with Crippen LogP contribution >= 0.6 is 12.4 Å². The smallest absolute Gasteiger partial charge is 0.241 e. The molecule has 1 unspecified atom stereocenters.